The van der Waals surface area contributed by atoms with Gasteiger partial charge in [0.2, 0.25) is 0 Å². The van der Waals surface area contributed by atoms with Gasteiger partial charge in [0.15, 0.2) is 0 Å². The quantitative estimate of drug-likeness (QED) is 0.0900. The number of hydrogen-bond donors (Lipinski definition) is 0. The van der Waals surface area contributed by atoms with Crippen LogP contribution in [0.5, 0.6) is 0 Å². The number of benzene rings is 7. The molecular formula is C50H38N2. The first-order chi connectivity index (χ1) is 25.5. The summed E-state index contributed by atoms with van der Waals surface area (Å²) >= 11 is 0. The third-order valence-corrected chi connectivity index (χ3v) is 10.1. The topological polar surface area (TPSA) is 25.2 Å². The summed E-state index contributed by atoms with van der Waals surface area (Å²) in [4.78, 5) is 9.57. The second kappa shape index (κ2) is 13.9. The SMILES string of the molecule is C=C/C=C\c1c(C)cccc1-c1cc(-c2ccc(C(=C)N=Cc3c(C)c4ccccc4c4ccccc34)cc2)cc(-c2cccc3ncccc23)c1. The van der Waals surface area contributed by atoms with E-state index in [1.807, 2.05) is 30.6 Å². The van der Waals surface area contributed by atoms with Crippen LogP contribution in [0.25, 0.3) is 77.6 Å². The van der Waals surface area contributed by atoms with Gasteiger partial charge in [-0.3, -0.25) is 9.98 Å². The molecule has 0 saturated carbocycles. The van der Waals surface area contributed by atoms with E-state index in [2.05, 4.69) is 172 Å². The van der Waals surface area contributed by atoms with E-state index in [4.69, 9.17) is 4.99 Å². The van der Waals surface area contributed by atoms with Crippen LogP contribution < -0.4 is 0 Å². The van der Waals surface area contributed by atoms with Crippen LogP contribution in [-0.4, -0.2) is 11.2 Å². The third-order valence-electron chi connectivity index (χ3n) is 10.1. The Bertz CT molecular complexity index is 2720. The molecule has 1 heterocycles. The molecule has 0 aliphatic rings. The molecule has 8 aromatic rings. The molecule has 2 nitrogen and oxygen atoms in total. The summed E-state index contributed by atoms with van der Waals surface area (Å²) in [6, 6.07) is 49.6. The summed E-state index contributed by atoms with van der Waals surface area (Å²) in [7, 11) is 0. The predicted octanol–water partition coefficient (Wildman–Crippen LogP) is 13.4. The number of pyridine rings is 1. The highest BCUT2D eigenvalue weighted by molar-refractivity contribution is 6.16. The van der Waals surface area contributed by atoms with E-state index in [9.17, 15) is 0 Å². The molecule has 7 aromatic carbocycles. The fourth-order valence-corrected chi connectivity index (χ4v) is 7.36. The highest BCUT2D eigenvalue weighted by atomic mass is 14.7. The normalized spacial score (nSPS) is 11.7. The van der Waals surface area contributed by atoms with Gasteiger partial charge in [0, 0.05) is 23.4 Å². The summed E-state index contributed by atoms with van der Waals surface area (Å²) in [6.45, 7) is 12.6. The minimum absolute atomic E-state index is 0.722. The summed E-state index contributed by atoms with van der Waals surface area (Å²) in [5.41, 5.74) is 14.3. The summed E-state index contributed by atoms with van der Waals surface area (Å²) in [6.07, 6.45) is 9.81. The van der Waals surface area contributed by atoms with E-state index in [-0.39, 0.29) is 0 Å². The Hall–Kier alpha value is -6.64. The molecule has 0 unspecified atom stereocenters. The van der Waals surface area contributed by atoms with Crippen LogP contribution in [-0.2, 0) is 0 Å². The van der Waals surface area contributed by atoms with Crippen LogP contribution in [0.1, 0.15) is 27.8 Å². The van der Waals surface area contributed by atoms with Crippen molar-refractivity contribution < 1.29 is 0 Å². The van der Waals surface area contributed by atoms with Crippen molar-refractivity contribution in [3.63, 3.8) is 0 Å². The molecule has 0 saturated heterocycles. The zero-order chi connectivity index (χ0) is 35.6. The Morgan fingerprint density at radius 1 is 0.577 bits per heavy atom. The van der Waals surface area contributed by atoms with Crippen LogP contribution in [0.3, 0.4) is 0 Å². The third kappa shape index (κ3) is 6.05. The number of allylic oxidation sites excluding steroid dienone is 2. The van der Waals surface area contributed by atoms with Crippen molar-refractivity contribution in [2.45, 2.75) is 13.8 Å². The zero-order valence-corrected chi connectivity index (χ0v) is 29.5. The summed E-state index contributed by atoms with van der Waals surface area (Å²) < 4.78 is 0. The second-order valence-corrected chi connectivity index (χ2v) is 13.2. The molecule has 0 bridgehead atoms. The molecule has 2 heteroatoms. The molecule has 1 aromatic heterocycles. The van der Waals surface area contributed by atoms with Crippen LogP contribution >= 0.6 is 0 Å². The van der Waals surface area contributed by atoms with Gasteiger partial charge in [-0.2, -0.15) is 0 Å². The first-order valence-electron chi connectivity index (χ1n) is 17.6. The number of fused-ring (bicyclic) bond motifs is 4. The van der Waals surface area contributed by atoms with E-state index >= 15 is 0 Å². The van der Waals surface area contributed by atoms with Crippen LogP contribution in [0.2, 0.25) is 0 Å². The van der Waals surface area contributed by atoms with Crippen LogP contribution in [0.4, 0.5) is 0 Å². The maximum Gasteiger partial charge on any atom is 0.0708 e. The lowest BCUT2D eigenvalue weighted by Crippen LogP contribution is -1.93. The van der Waals surface area contributed by atoms with Crippen molar-refractivity contribution in [1.29, 1.82) is 0 Å². The molecule has 52 heavy (non-hydrogen) atoms. The van der Waals surface area contributed by atoms with Crippen molar-refractivity contribution in [2.24, 2.45) is 4.99 Å². The Kier molecular flexibility index (Phi) is 8.73. The van der Waals surface area contributed by atoms with E-state index < -0.39 is 0 Å². The monoisotopic (exact) mass is 666 g/mol. The lowest BCUT2D eigenvalue weighted by atomic mass is 9.89. The molecule has 0 radical (unpaired) electrons. The van der Waals surface area contributed by atoms with Crippen molar-refractivity contribution in [2.75, 3.05) is 0 Å². The Labute approximate surface area is 305 Å². The van der Waals surface area contributed by atoms with Gasteiger partial charge in [0.05, 0.1) is 11.2 Å². The standard InChI is InChI=1S/C50H38N2/c1-5-6-15-41-33(2)14-11-20-43(41)39-29-38(30-40(31-39)44-21-12-23-50-48(44)22-13-28-51-50)37-26-24-36(25-27-37)35(4)52-32-49-34(3)42-16-7-8-17-45(42)46-18-9-10-19-47(46)49/h5-32H,1,4H2,2-3H3/b15-6-,52-32?. The Morgan fingerprint density at radius 2 is 1.21 bits per heavy atom. The van der Waals surface area contributed by atoms with Gasteiger partial charge in [-0.25, -0.2) is 0 Å². The van der Waals surface area contributed by atoms with Gasteiger partial charge < -0.3 is 0 Å². The van der Waals surface area contributed by atoms with E-state index in [0.29, 0.717) is 0 Å². The highest BCUT2D eigenvalue weighted by Gasteiger charge is 2.14. The van der Waals surface area contributed by atoms with Crippen molar-refractivity contribution in [3.05, 3.63) is 199 Å². The summed E-state index contributed by atoms with van der Waals surface area (Å²) in [5.74, 6) is 0. The highest BCUT2D eigenvalue weighted by Crippen LogP contribution is 2.38. The molecule has 8 rings (SSSR count). The van der Waals surface area contributed by atoms with Gasteiger partial charge in [-0.1, -0.05) is 141 Å². The number of aryl methyl sites for hydroxylation is 2. The molecule has 0 aliphatic carbocycles. The van der Waals surface area contributed by atoms with Crippen molar-refractivity contribution in [3.8, 4) is 33.4 Å². The predicted molar refractivity (Wildman–Crippen MR) is 225 cm³/mol. The van der Waals surface area contributed by atoms with Gasteiger partial charge in [-0.15, -0.1) is 0 Å². The molecule has 0 atom stereocenters. The molecular weight excluding hydrogens is 629 g/mol. The number of nitrogens with zero attached hydrogens (tertiary/aromatic N) is 2. The molecule has 0 amide bonds. The molecule has 0 fully saturated rings. The van der Waals surface area contributed by atoms with E-state index in [0.717, 1.165) is 55.5 Å². The van der Waals surface area contributed by atoms with E-state index in [1.165, 1.54) is 43.8 Å². The average molecular weight is 667 g/mol. The zero-order valence-electron chi connectivity index (χ0n) is 29.5. The number of hydrogen-bond acceptors (Lipinski definition) is 2. The number of aliphatic imine (C=N–C) groups is 1. The van der Waals surface area contributed by atoms with Crippen molar-refractivity contribution >= 4 is 50.4 Å². The van der Waals surface area contributed by atoms with Gasteiger partial charge in [0.1, 0.15) is 0 Å². The van der Waals surface area contributed by atoms with E-state index in [1.54, 1.807) is 0 Å². The number of rotatable bonds is 8. The minimum atomic E-state index is 0.722. The van der Waals surface area contributed by atoms with Gasteiger partial charge in [0.25, 0.3) is 0 Å². The lowest BCUT2D eigenvalue weighted by Gasteiger charge is -2.15. The number of aromatic nitrogens is 1. The smallest absolute Gasteiger partial charge is 0.0708 e. The van der Waals surface area contributed by atoms with Crippen LogP contribution in [0.15, 0.2) is 176 Å². The summed E-state index contributed by atoms with van der Waals surface area (Å²) in [5, 5.41) is 6.06. The maximum absolute atomic E-state index is 4.92. The largest absolute Gasteiger partial charge is 0.256 e. The van der Waals surface area contributed by atoms with Crippen molar-refractivity contribution in [1.82, 2.24) is 4.98 Å². The van der Waals surface area contributed by atoms with Gasteiger partial charge >= 0.3 is 0 Å². The second-order valence-electron chi connectivity index (χ2n) is 13.2. The fraction of sp³-hybridized carbons (Fsp3) is 0.0400. The lowest BCUT2D eigenvalue weighted by molar-refractivity contribution is 1.41. The minimum Gasteiger partial charge on any atom is -0.256 e. The molecule has 0 N–H and O–H groups in total. The maximum atomic E-state index is 4.92. The van der Waals surface area contributed by atoms with Crippen LogP contribution in [0, 0.1) is 13.8 Å². The Balaban J connectivity index is 1.19. The molecule has 248 valence electrons. The Morgan fingerprint density at radius 3 is 1.98 bits per heavy atom. The average Bonchev–Trinajstić information content (AvgIpc) is 3.20. The first-order valence-corrected chi connectivity index (χ1v) is 17.6. The molecule has 0 spiro atoms. The fourth-order valence-electron chi connectivity index (χ4n) is 7.36. The molecule has 0 aliphatic heterocycles. The van der Waals surface area contributed by atoms with Gasteiger partial charge in [-0.05, 0) is 121 Å². The first kappa shape index (κ1) is 32.6.